The second kappa shape index (κ2) is 5.08. The normalized spacial score (nSPS) is 10.7. The minimum atomic E-state index is 0.481. The fourth-order valence-corrected chi connectivity index (χ4v) is 1.66. The van der Waals surface area contributed by atoms with Gasteiger partial charge in [-0.15, -0.1) is 0 Å². The third-order valence-corrected chi connectivity index (χ3v) is 2.85. The fraction of sp³-hybridized carbons (Fsp3) is 0.267. The Hall–Kier alpha value is -2.03. The molecule has 1 aromatic heterocycles. The molecule has 1 heterocycles. The van der Waals surface area contributed by atoms with Crippen LogP contribution >= 0.6 is 0 Å². The standard InChI is InChI=1S/C15H18N2O/c1-10(2)12-5-4-6-13(9-12)18-15-8-7-14(16)11(3)17-15/h4-10H,16H2,1-3H3. The molecule has 3 nitrogen and oxygen atoms in total. The van der Waals surface area contributed by atoms with Crippen LogP contribution in [0.4, 0.5) is 5.69 Å². The molecule has 0 aliphatic rings. The summed E-state index contributed by atoms with van der Waals surface area (Å²) in [7, 11) is 0. The highest BCUT2D eigenvalue weighted by Gasteiger charge is 2.04. The summed E-state index contributed by atoms with van der Waals surface area (Å²) in [6, 6.07) is 11.7. The first-order valence-electron chi connectivity index (χ1n) is 6.07. The maximum Gasteiger partial charge on any atom is 0.219 e. The second-order valence-corrected chi connectivity index (χ2v) is 4.65. The predicted octanol–water partition coefficient (Wildman–Crippen LogP) is 3.89. The van der Waals surface area contributed by atoms with E-state index in [2.05, 4.69) is 24.9 Å². The maximum atomic E-state index is 5.74. The Balaban J connectivity index is 2.23. The van der Waals surface area contributed by atoms with Crippen LogP contribution in [0.3, 0.4) is 0 Å². The van der Waals surface area contributed by atoms with Gasteiger partial charge in [-0.2, -0.15) is 0 Å². The summed E-state index contributed by atoms with van der Waals surface area (Å²) in [6.45, 7) is 6.18. The van der Waals surface area contributed by atoms with Gasteiger partial charge in [-0.25, -0.2) is 4.98 Å². The van der Waals surface area contributed by atoms with Crippen molar-refractivity contribution in [2.75, 3.05) is 5.73 Å². The van der Waals surface area contributed by atoms with E-state index in [1.807, 2.05) is 31.2 Å². The van der Waals surface area contributed by atoms with E-state index in [1.165, 1.54) is 5.56 Å². The lowest BCUT2D eigenvalue weighted by atomic mass is 10.0. The molecular formula is C15H18N2O. The summed E-state index contributed by atoms with van der Waals surface area (Å²) in [6.07, 6.45) is 0. The van der Waals surface area contributed by atoms with Crippen molar-refractivity contribution in [2.45, 2.75) is 26.7 Å². The zero-order valence-corrected chi connectivity index (χ0v) is 11.0. The first-order valence-corrected chi connectivity index (χ1v) is 6.07. The third-order valence-electron chi connectivity index (χ3n) is 2.85. The van der Waals surface area contributed by atoms with Gasteiger partial charge in [0.15, 0.2) is 0 Å². The van der Waals surface area contributed by atoms with Gasteiger partial charge in [0.25, 0.3) is 0 Å². The van der Waals surface area contributed by atoms with Crippen LogP contribution in [-0.4, -0.2) is 4.98 Å². The molecule has 0 aliphatic carbocycles. The van der Waals surface area contributed by atoms with E-state index in [0.717, 1.165) is 11.4 Å². The van der Waals surface area contributed by atoms with Gasteiger partial charge in [0.05, 0.1) is 11.4 Å². The minimum absolute atomic E-state index is 0.481. The van der Waals surface area contributed by atoms with Crippen molar-refractivity contribution < 1.29 is 4.74 Å². The topological polar surface area (TPSA) is 48.1 Å². The number of benzene rings is 1. The van der Waals surface area contributed by atoms with E-state index in [0.29, 0.717) is 17.5 Å². The van der Waals surface area contributed by atoms with Crippen molar-refractivity contribution in [3.05, 3.63) is 47.7 Å². The Morgan fingerprint density at radius 2 is 1.94 bits per heavy atom. The van der Waals surface area contributed by atoms with Crippen LogP contribution in [0.5, 0.6) is 11.6 Å². The number of nitrogens with two attached hydrogens (primary N) is 1. The molecule has 0 amide bonds. The Kier molecular flexibility index (Phi) is 3.51. The molecule has 0 unspecified atom stereocenters. The number of rotatable bonds is 3. The number of aromatic nitrogens is 1. The molecule has 2 rings (SSSR count). The largest absolute Gasteiger partial charge is 0.439 e. The number of ether oxygens (including phenoxy) is 1. The molecule has 1 aromatic carbocycles. The van der Waals surface area contributed by atoms with Gasteiger partial charge in [-0.05, 0) is 36.6 Å². The molecule has 3 heteroatoms. The number of hydrogen-bond donors (Lipinski definition) is 1. The summed E-state index contributed by atoms with van der Waals surface area (Å²) in [5, 5.41) is 0. The lowest BCUT2D eigenvalue weighted by Gasteiger charge is -2.10. The molecule has 0 fully saturated rings. The van der Waals surface area contributed by atoms with Gasteiger partial charge < -0.3 is 10.5 Å². The van der Waals surface area contributed by atoms with Gasteiger partial charge in [0.1, 0.15) is 5.75 Å². The predicted molar refractivity (Wildman–Crippen MR) is 74.0 cm³/mol. The molecule has 0 saturated carbocycles. The summed E-state index contributed by atoms with van der Waals surface area (Å²) in [5.41, 5.74) is 8.44. The van der Waals surface area contributed by atoms with Crippen LogP contribution in [-0.2, 0) is 0 Å². The molecule has 0 radical (unpaired) electrons. The Bertz CT molecular complexity index is 550. The average Bonchev–Trinajstić information content (AvgIpc) is 2.34. The molecule has 2 aromatic rings. The van der Waals surface area contributed by atoms with Gasteiger partial charge in [-0.1, -0.05) is 26.0 Å². The van der Waals surface area contributed by atoms with Crippen molar-refractivity contribution in [3.63, 3.8) is 0 Å². The molecule has 18 heavy (non-hydrogen) atoms. The zero-order chi connectivity index (χ0) is 13.1. The van der Waals surface area contributed by atoms with Crippen molar-refractivity contribution in [1.82, 2.24) is 4.98 Å². The number of nitrogens with zero attached hydrogens (tertiary/aromatic N) is 1. The van der Waals surface area contributed by atoms with Crippen LogP contribution in [0.25, 0.3) is 0 Å². The lowest BCUT2D eigenvalue weighted by molar-refractivity contribution is 0.461. The lowest BCUT2D eigenvalue weighted by Crippen LogP contribution is -1.95. The fourth-order valence-electron chi connectivity index (χ4n) is 1.66. The third kappa shape index (κ3) is 2.80. The summed E-state index contributed by atoms with van der Waals surface area (Å²) >= 11 is 0. The second-order valence-electron chi connectivity index (χ2n) is 4.65. The highest BCUT2D eigenvalue weighted by Crippen LogP contribution is 2.25. The van der Waals surface area contributed by atoms with E-state index in [-0.39, 0.29) is 0 Å². The number of pyridine rings is 1. The maximum absolute atomic E-state index is 5.74. The van der Waals surface area contributed by atoms with Crippen LogP contribution in [0.2, 0.25) is 0 Å². The SMILES string of the molecule is Cc1nc(Oc2cccc(C(C)C)c2)ccc1N. The molecule has 0 aliphatic heterocycles. The number of anilines is 1. The van der Waals surface area contributed by atoms with E-state index in [9.17, 15) is 0 Å². The highest BCUT2D eigenvalue weighted by molar-refractivity contribution is 5.44. The Labute approximate surface area is 108 Å². The first kappa shape index (κ1) is 12.4. The molecular weight excluding hydrogens is 224 g/mol. The summed E-state index contributed by atoms with van der Waals surface area (Å²) in [5.74, 6) is 1.86. The van der Waals surface area contributed by atoms with E-state index >= 15 is 0 Å². The molecule has 0 saturated heterocycles. The van der Waals surface area contributed by atoms with Gasteiger partial charge in [-0.3, -0.25) is 0 Å². The monoisotopic (exact) mass is 242 g/mol. The van der Waals surface area contributed by atoms with Crippen molar-refractivity contribution in [3.8, 4) is 11.6 Å². The summed E-state index contributed by atoms with van der Waals surface area (Å²) < 4.78 is 5.74. The smallest absolute Gasteiger partial charge is 0.219 e. The van der Waals surface area contributed by atoms with Gasteiger partial charge in [0, 0.05) is 6.07 Å². The Morgan fingerprint density at radius 3 is 2.61 bits per heavy atom. The van der Waals surface area contributed by atoms with Crippen LogP contribution < -0.4 is 10.5 Å². The molecule has 0 atom stereocenters. The highest BCUT2D eigenvalue weighted by atomic mass is 16.5. The summed E-state index contributed by atoms with van der Waals surface area (Å²) in [4.78, 5) is 4.30. The minimum Gasteiger partial charge on any atom is -0.439 e. The molecule has 0 spiro atoms. The van der Waals surface area contributed by atoms with Gasteiger partial charge in [0.2, 0.25) is 5.88 Å². The van der Waals surface area contributed by atoms with Crippen molar-refractivity contribution in [2.24, 2.45) is 0 Å². The van der Waals surface area contributed by atoms with E-state index < -0.39 is 0 Å². The zero-order valence-electron chi connectivity index (χ0n) is 11.0. The quantitative estimate of drug-likeness (QED) is 0.888. The van der Waals surface area contributed by atoms with Gasteiger partial charge >= 0.3 is 0 Å². The molecule has 2 N–H and O–H groups in total. The number of aryl methyl sites for hydroxylation is 1. The molecule has 94 valence electrons. The first-order chi connectivity index (χ1) is 8.56. The number of hydrogen-bond acceptors (Lipinski definition) is 3. The van der Waals surface area contributed by atoms with Crippen molar-refractivity contribution in [1.29, 1.82) is 0 Å². The molecule has 0 bridgehead atoms. The van der Waals surface area contributed by atoms with E-state index in [1.54, 1.807) is 6.07 Å². The Morgan fingerprint density at radius 1 is 1.17 bits per heavy atom. The number of nitrogen functional groups attached to an aromatic ring is 1. The van der Waals surface area contributed by atoms with Crippen LogP contribution in [0.15, 0.2) is 36.4 Å². The average molecular weight is 242 g/mol. The van der Waals surface area contributed by atoms with Crippen molar-refractivity contribution >= 4 is 5.69 Å². The van der Waals surface area contributed by atoms with Crippen LogP contribution in [0, 0.1) is 6.92 Å². The van der Waals surface area contributed by atoms with E-state index in [4.69, 9.17) is 10.5 Å². The van der Waals surface area contributed by atoms with Crippen LogP contribution in [0.1, 0.15) is 31.0 Å².